The van der Waals surface area contributed by atoms with Crippen LogP contribution in [0.5, 0.6) is 0 Å². The summed E-state index contributed by atoms with van der Waals surface area (Å²) >= 11 is 0. The highest BCUT2D eigenvalue weighted by Gasteiger charge is 2.49. The summed E-state index contributed by atoms with van der Waals surface area (Å²) in [6, 6.07) is -0.808. The minimum absolute atomic E-state index is 0.608. The fourth-order valence-corrected chi connectivity index (χ4v) is 0.985. The smallest absolute Gasteiger partial charge is 0.326 e. The molecule has 1 aliphatic heterocycles. The van der Waals surface area contributed by atoms with Gasteiger partial charge in [-0.3, -0.25) is 4.79 Å². The highest BCUT2D eigenvalue weighted by Crippen LogP contribution is 2.27. The summed E-state index contributed by atoms with van der Waals surface area (Å²) < 4.78 is 24.9. The minimum atomic E-state index is -3.30. The average Bonchev–Trinajstić information content (AvgIpc) is 2.08. The SMILES string of the molecule is CC(O)C1CC(F)(F)C(=O)N1. The monoisotopic (exact) mass is 165 g/mol. The lowest BCUT2D eigenvalue weighted by atomic mass is 10.1. The van der Waals surface area contributed by atoms with Gasteiger partial charge in [-0.25, -0.2) is 0 Å². The number of carbonyl (C=O) groups excluding carboxylic acids is 1. The molecule has 0 spiro atoms. The lowest BCUT2D eigenvalue weighted by Crippen LogP contribution is -2.35. The van der Waals surface area contributed by atoms with Gasteiger partial charge in [0.05, 0.1) is 12.1 Å². The molecule has 11 heavy (non-hydrogen) atoms. The van der Waals surface area contributed by atoms with Crippen LogP contribution in [0.2, 0.25) is 0 Å². The normalized spacial score (nSPS) is 31.6. The Kier molecular flexibility index (Phi) is 1.83. The topological polar surface area (TPSA) is 49.3 Å². The number of nitrogens with one attached hydrogen (secondary N) is 1. The summed E-state index contributed by atoms with van der Waals surface area (Å²) in [6.45, 7) is 1.37. The highest BCUT2D eigenvalue weighted by molar-refractivity contribution is 5.86. The van der Waals surface area contributed by atoms with Crippen LogP contribution in [0.1, 0.15) is 13.3 Å². The number of carbonyl (C=O) groups is 1. The van der Waals surface area contributed by atoms with Crippen molar-refractivity contribution < 1.29 is 18.7 Å². The Morgan fingerprint density at radius 1 is 1.82 bits per heavy atom. The van der Waals surface area contributed by atoms with Crippen molar-refractivity contribution in [2.75, 3.05) is 0 Å². The predicted octanol–water partition coefficient (Wildman–Crippen LogP) is -0.109. The molecule has 1 heterocycles. The molecule has 2 unspecified atom stereocenters. The summed E-state index contributed by atoms with van der Waals surface area (Å²) in [5, 5.41) is 10.9. The molecule has 0 aromatic carbocycles. The third kappa shape index (κ3) is 1.48. The number of rotatable bonds is 1. The van der Waals surface area contributed by atoms with E-state index in [2.05, 4.69) is 0 Å². The molecule has 1 rings (SSSR count). The predicted molar refractivity (Wildman–Crippen MR) is 33.2 cm³/mol. The number of aliphatic hydroxyl groups excluding tert-OH is 1. The molecular formula is C6H9F2NO2. The second-order valence-electron chi connectivity index (χ2n) is 2.73. The number of hydrogen-bond donors (Lipinski definition) is 2. The van der Waals surface area contributed by atoms with E-state index in [1.807, 2.05) is 5.32 Å². The Hall–Kier alpha value is -0.710. The van der Waals surface area contributed by atoms with Gasteiger partial charge in [-0.15, -0.1) is 0 Å². The van der Waals surface area contributed by atoms with Crippen LogP contribution in [0.25, 0.3) is 0 Å². The highest BCUT2D eigenvalue weighted by atomic mass is 19.3. The zero-order chi connectivity index (χ0) is 8.65. The third-order valence-electron chi connectivity index (χ3n) is 1.71. The summed E-state index contributed by atoms with van der Waals surface area (Å²) in [5.74, 6) is -4.59. The molecule has 1 aliphatic rings. The Labute approximate surface area is 62.4 Å². The number of hydrogen-bond acceptors (Lipinski definition) is 2. The largest absolute Gasteiger partial charge is 0.391 e. The van der Waals surface area contributed by atoms with Crippen LogP contribution < -0.4 is 5.32 Å². The summed E-state index contributed by atoms with van der Waals surface area (Å²) in [4.78, 5) is 10.4. The Morgan fingerprint density at radius 2 is 2.36 bits per heavy atom. The van der Waals surface area contributed by atoms with Gasteiger partial charge in [-0.2, -0.15) is 8.78 Å². The van der Waals surface area contributed by atoms with Gasteiger partial charge in [-0.05, 0) is 6.92 Å². The van der Waals surface area contributed by atoms with Crippen LogP contribution in [0.3, 0.4) is 0 Å². The molecule has 0 aromatic heterocycles. The number of halogens is 2. The Bertz CT molecular complexity index is 181. The van der Waals surface area contributed by atoms with Gasteiger partial charge in [0.15, 0.2) is 0 Å². The molecule has 3 nitrogen and oxygen atoms in total. The van der Waals surface area contributed by atoms with Crippen LogP contribution in [0, 0.1) is 0 Å². The molecule has 0 bridgehead atoms. The molecule has 1 amide bonds. The van der Waals surface area contributed by atoms with Crippen molar-refractivity contribution in [2.24, 2.45) is 0 Å². The van der Waals surface area contributed by atoms with Gasteiger partial charge >= 0.3 is 5.92 Å². The van der Waals surface area contributed by atoms with Gasteiger partial charge in [0, 0.05) is 6.42 Å². The van der Waals surface area contributed by atoms with Crippen LogP contribution in [-0.2, 0) is 4.79 Å². The quantitative estimate of drug-likeness (QED) is 0.569. The van der Waals surface area contributed by atoms with Crippen molar-refractivity contribution in [3.8, 4) is 0 Å². The van der Waals surface area contributed by atoms with Gasteiger partial charge in [0.25, 0.3) is 5.91 Å². The average molecular weight is 165 g/mol. The zero-order valence-electron chi connectivity index (χ0n) is 5.97. The molecule has 2 N–H and O–H groups in total. The van der Waals surface area contributed by atoms with Crippen LogP contribution >= 0.6 is 0 Å². The maximum absolute atomic E-state index is 12.4. The Balaban J connectivity index is 2.65. The lowest BCUT2D eigenvalue weighted by molar-refractivity contribution is -0.139. The summed E-state index contributed by atoms with van der Waals surface area (Å²) in [6.07, 6.45) is -1.53. The van der Waals surface area contributed by atoms with Crippen LogP contribution in [-0.4, -0.2) is 29.1 Å². The molecule has 1 saturated heterocycles. The van der Waals surface area contributed by atoms with E-state index in [1.54, 1.807) is 0 Å². The number of aliphatic hydroxyl groups is 1. The van der Waals surface area contributed by atoms with Gasteiger partial charge < -0.3 is 10.4 Å². The standard InChI is InChI=1S/C6H9F2NO2/c1-3(10)4-2-6(7,8)5(11)9-4/h3-4,10H,2H2,1H3,(H,9,11). The number of alkyl halides is 2. The van der Waals surface area contributed by atoms with E-state index >= 15 is 0 Å². The molecule has 0 saturated carbocycles. The molecule has 1 fully saturated rings. The first-order chi connectivity index (χ1) is 4.93. The van der Waals surface area contributed by atoms with E-state index in [0.29, 0.717) is 0 Å². The summed E-state index contributed by atoms with van der Waals surface area (Å²) in [5.41, 5.74) is 0. The van der Waals surface area contributed by atoms with Gasteiger partial charge in [-0.1, -0.05) is 0 Å². The lowest BCUT2D eigenvalue weighted by Gasteiger charge is -2.11. The molecule has 0 radical (unpaired) electrons. The molecule has 64 valence electrons. The van der Waals surface area contributed by atoms with Crippen molar-refractivity contribution in [2.45, 2.75) is 31.4 Å². The first-order valence-corrected chi connectivity index (χ1v) is 3.30. The van der Waals surface area contributed by atoms with E-state index in [-0.39, 0.29) is 0 Å². The fraction of sp³-hybridized carbons (Fsp3) is 0.833. The molecular weight excluding hydrogens is 156 g/mol. The molecule has 2 atom stereocenters. The third-order valence-corrected chi connectivity index (χ3v) is 1.71. The van der Waals surface area contributed by atoms with E-state index < -0.39 is 30.4 Å². The van der Waals surface area contributed by atoms with Crippen molar-refractivity contribution >= 4 is 5.91 Å². The second-order valence-corrected chi connectivity index (χ2v) is 2.73. The van der Waals surface area contributed by atoms with Gasteiger partial charge in [0.1, 0.15) is 0 Å². The Morgan fingerprint density at radius 3 is 2.55 bits per heavy atom. The van der Waals surface area contributed by atoms with Crippen molar-refractivity contribution in [3.63, 3.8) is 0 Å². The number of amides is 1. The van der Waals surface area contributed by atoms with Crippen molar-refractivity contribution in [3.05, 3.63) is 0 Å². The molecule has 0 aliphatic carbocycles. The summed E-state index contributed by atoms with van der Waals surface area (Å²) in [7, 11) is 0. The molecule has 5 heteroatoms. The van der Waals surface area contributed by atoms with E-state index in [0.717, 1.165) is 0 Å². The van der Waals surface area contributed by atoms with Crippen LogP contribution in [0.15, 0.2) is 0 Å². The van der Waals surface area contributed by atoms with E-state index in [4.69, 9.17) is 5.11 Å². The maximum Gasteiger partial charge on any atom is 0.326 e. The fourth-order valence-electron chi connectivity index (χ4n) is 0.985. The zero-order valence-corrected chi connectivity index (χ0v) is 5.97. The van der Waals surface area contributed by atoms with Gasteiger partial charge in [0.2, 0.25) is 0 Å². The van der Waals surface area contributed by atoms with Crippen LogP contribution in [0.4, 0.5) is 8.78 Å². The first-order valence-electron chi connectivity index (χ1n) is 3.30. The maximum atomic E-state index is 12.4. The van der Waals surface area contributed by atoms with E-state index in [1.165, 1.54) is 6.92 Å². The first kappa shape index (κ1) is 8.39. The van der Waals surface area contributed by atoms with Crippen molar-refractivity contribution in [1.29, 1.82) is 0 Å². The van der Waals surface area contributed by atoms with E-state index in [9.17, 15) is 13.6 Å². The minimum Gasteiger partial charge on any atom is -0.391 e. The van der Waals surface area contributed by atoms with Crippen molar-refractivity contribution in [1.82, 2.24) is 5.32 Å². The molecule has 0 aromatic rings. The second kappa shape index (κ2) is 2.41.